The van der Waals surface area contributed by atoms with Crippen molar-refractivity contribution in [3.63, 3.8) is 0 Å². The fourth-order valence-electron chi connectivity index (χ4n) is 2.36. The monoisotopic (exact) mass is 249 g/mol. The minimum Gasteiger partial charge on any atom is -0.423 e. The van der Waals surface area contributed by atoms with Gasteiger partial charge in [-0.25, -0.2) is 0 Å². The molecular formula is C13H20BNO3. The van der Waals surface area contributed by atoms with Gasteiger partial charge in [-0.05, 0) is 23.9 Å². The van der Waals surface area contributed by atoms with E-state index < -0.39 is 7.12 Å². The summed E-state index contributed by atoms with van der Waals surface area (Å²) in [5, 5.41) is 18.0. The molecular weight excluding hydrogens is 229 g/mol. The molecule has 0 radical (unpaired) electrons. The van der Waals surface area contributed by atoms with Gasteiger partial charge in [0, 0.05) is 26.7 Å². The maximum absolute atomic E-state index is 9.02. The molecule has 1 aromatic rings. The Hall–Kier alpha value is -0.875. The number of piperidine rings is 1. The van der Waals surface area contributed by atoms with Crippen LogP contribution in [-0.4, -0.2) is 48.4 Å². The Morgan fingerprint density at radius 2 is 1.83 bits per heavy atom. The Bertz CT molecular complexity index is 361. The van der Waals surface area contributed by atoms with Crippen LogP contribution >= 0.6 is 0 Å². The van der Waals surface area contributed by atoms with Gasteiger partial charge in [0.05, 0.1) is 6.10 Å². The van der Waals surface area contributed by atoms with Crippen molar-refractivity contribution in [2.75, 3.05) is 20.2 Å². The van der Waals surface area contributed by atoms with Gasteiger partial charge in [-0.15, -0.1) is 0 Å². The first-order chi connectivity index (χ1) is 8.69. The highest BCUT2D eigenvalue weighted by Gasteiger charge is 2.18. The van der Waals surface area contributed by atoms with Gasteiger partial charge in [0.15, 0.2) is 0 Å². The zero-order valence-corrected chi connectivity index (χ0v) is 10.7. The third-order valence-corrected chi connectivity index (χ3v) is 3.55. The van der Waals surface area contributed by atoms with Crippen molar-refractivity contribution in [2.45, 2.75) is 25.5 Å². The lowest BCUT2D eigenvalue weighted by atomic mass is 9.80. The largest absolute Gasteiger partial charge is 0.488 e. The van der Waals surface area contributed by atoms with Gasteiger partial charge in [-0.1, -0.05) is 24.3 Å². The molecule has 0 aliphatic carbocycles. The first-order valence-corrected chi connectivity index (χ1v) is 6.39. The van der Waals surface area contributed by atoms with Crippen LogP contribution in [0.5, 0.6) is 0 Å². The van der Waals surface area contributed by atoms with E-state index in [1.807, 2.05) is 12.1 Å². The highest BCUT2D eigenvalue weighted by atomic mass is 16.5. The van der Waals surface area contributed by atoms with E-state index in [0.29, 0.717) is 11.6 Å². The minimum absolute atomic E-state index is 0.410. The molecule has 0 spiro atoms. The molecule has 0 aromatic heterocycles. The van der Waals surface area contributed by atoms with Crippen LogP contribution < -0.4 is 5.46 Å². The van der Waals surface area contributed by atoms with Crippen molar-refractivity contribution >= 4 is 12.6 Å². The minimum atomic E-state index is -1.38. The van der Waals surface area contributed by atoms with Crippen LogP contribution in [-0.2, 0) is 11.3 Å². The lowest BCUT2D eigenvalue weighted by Crippen LogP contribution is -2.36. The summed E-state index contributed by atoms with van der Waals surface area (Å²) >= 11 is 0. The number of nitrogens with zero attached hydrogens (tertiary/aromatic N) is 1. The Balaban J connectivity index is 1.86. The summed E-state index contributed by atoms with van der Waals surface area (Å²) in [6.07, 6.45) is 2.58. The molecule has 1 heterocycles. The SMILES string of the molecule is COC1CCN(Cc2ccc(B(O)O)cc2)CC1. The number of hydrogen-bond acceptors (Lipinski definition) is 4. The molecule has 5 heteroatoms. The zero-order valence-electron chi connectivity index (χ0n) is 10.7. The highest BCUT2D eigenvalue weighted by Crippen LogP contribution is 2.15. The quantitative estimate of drug-likeness (QED) is 0.736. The standard InChI is InChI=1S/C13H20BNO3/c1-18-13-6-8-15(9-7-13)10-11-2-4-12(5-3-11)14(16)17/h2-5,13,16-17H,6-10H2,1H3. The van der Waals surface area contributed by atoms with E-state index in [1.165, 1.54) is 5.56 Å². The number of benzene rings is 1. The lowest BCUT2D eigenvalue weighted by Gasteiger charge is -2.31. The molecule has 0 atom stereocenters. The fraction of sp³-hybridized carbons (Fsp3) is 0.538. The van der Waals surface area contributed by atoms with Crippen LogP contribution in [0.4, 0.5) is 0 Å². The fourth-order valence-corrected chi connectivity index (χ4v) is 2.36. The molecule has 0 amide bonds. The van der Waals surface area contributed by atoms with Gasteiger partial charge in [0.1, 0.15) is 0 Å². The molecule has 0 unspecified atom stereocenters. The molecule has 1 saturated heterocycles. The van der Waals surface area contributed by atoms with Crippen molar-refractivity contribution in [3.8, 4) is 0 Å². The summed E-state index contributed by atoms with van der Waals surface area (Å²) in [4.78, 5) is 2.40. The molecule has 1 aliphatic rings. The molecule has 2 N–H and O–H groups in total. The van der Waals surface area contributed by atoms with Gasteiger partial charge >= 0.3 is 7.12 Å². The number of ether oxygens (including phenoxy) is 1. The first kappa shape index (κ1) is 13.6. The predicted molar refractivity (Wildman–Crippen MR) is 71.6 cm³/mol. The molecule has 1 aliphatic heterocycles. The third kappa shape index (κ3) is 3.56. The molecule has 0 saturated carbocycles. The Labute approximate surface area is 108 Å². The summed E-state index contributed by atoms with van der Waals surface area (Å²) in [5.74, 6) is 0. The maximum atomic E-state index is 9.02. The van der Waals surface area contributed by atoms with Gasteiger partial charge in [0.2, 0.25) is 0 Å². The summed E-state index contributed by atoms with van der Waals surface area (Å²) in [6, 6.07) is 7.44. The van der Waals surface area contributed by atoms with Crippen LogP contribution in [0.2, 0.25) is 0 Å². The summed E-state index contributed by atoms with van der Waals surface area (Å²) in [6.45, 7) is 3.03. The lowest BCUT2D eigenvalue weighted by molar-refractivity contribution is 0.0389. The van der Waals surface area contributed by atoms with Crippen molar-refractivity contribution in [3.05, 3.63) is 29.8 Å². The zero-order chi connectivity index (χ0) is 13.0. The number of hydrogen-bond donors (Lipinski definition) is 2. The summed E-state index contributed by atoms with van der Waals surface area (Å²) < 4.78 is 5.35. The van der Waals surface area contributed by atoms with Gasteiger partial charge in [-0.2, -0.15) is 0 Å². The highest BCUT2D eigenvalue weighted by molar-refractivity contribution is 6.58. The molecule has 4 nitrogen and oxygen atoms in total. The van der Waals surface area contributed by atoms with Crippen molar-refractivity contribution in [2.24, 2.45) is 0 Å². The second-order valence-corrected chi connectivity index (χ2v) is 4.83. The first-order valence-electron chi connectivity index (χ1n) is 6.39. The predicted octanol–water partition coefficient (Wildman–Crippen LogP) is -0.0228. The summed E-state index contributed by atoms with van der Waals surface area (Å²) in [5.41, 5.74) is 1.74. The molecule has 2 rings (SSSR count). The van der Waals surface area contributed by atoms with Crippen LogP contribution in [0.25, 0.3) is 0 Å². The van der Waals surface area contributed by atoms with Crippen molar-refractivity contribution < 1.29 is 14.8 Å². The number of likely N-dealkylation sites (tertiary alicyclic amines) is 1. The van der Waals surface area contributed by atoms with Crippen molar-refractivity contribution in [1.82, 2.24) is 4.90 Å². The topological polar surface area (TPSA) is 52.9 Å². The maximum Gasteiger partial charge on any atom is 0.488 e. The molecule has 18 heavy (non-hydrogen) atoms. The van der Waals surface area contributed by atoms with Crippen LogP contribution in [0.1, 0.15) is 18.4 Å². The van der Waals surface area contributed by atoms with E-state index in [0.717, 1.165) is 32.5 Å². The van der Waals surface area contributed by atoms with Crippen LogP contribution in [0.3, 0.4) is 0 Å². The molecule has 1 aromatic carbocycles. The second-order valence-electron chi connectivity index (χ2n) is 4.83. The van der Waals surface area contributed by atoms with Gasteiger partial charge < -0.3 is 14.8 Å². The molecule has 0 bridgehead atoms. The summed E-state index contributed by atoms with van der Waals surface area (Å²) in [7, 11) is 0.399. The van der Waals surface area contributed by atoms with Crippen molar-refractivity contribution in [1.29, 1.82) is 0 Å². The Morgan fingerprint density at radius 1 is 1.22 bits per heavy atom. The van der Waals surface area contributed by atoms with E-state index >= 15 is 0 Å². The van der Waals surface area contributed by atoms with Gasteiger partial charge in [0.25, 0.3) is 0 Å². The Morgan fingerprint density at radius 3 is 2.33 bits per heavy atom. The third-order valence-electron chi connectivity index (χ3n) is 3.55. The van der Waals surface area contributed by atoms with E-state index in [4.69, 9.17) is 14.8 Å². The normalized spacial score (nSPS) is 17.9. The van der Waals surface area contributed by atoms with E-state index in [1.54, 1.807) is 19.2 Å². The van der Waals surface area contributed by atoms with E-state index in [9.17, 15) is 0 Å². The van der Waals surface area contributed by atoms with Crippen LogP contribution in [0.15, 0.2) is 24.3 Å². The van der Waals surface area contributed by atoms with Crippen LogP contribution in [0, 0.1) is 0 Å². The second kappa shape index (κ2) is 6.34. The van der Waals surface area contributed by atoms with E-state index in [2.05, 4.69) is 4.90 Å². The molecule has 1 fully saturated rings. The number of methoxy groups -OCH3 is 1. The smallest absolute Gasteiger partial charge is 0.423 e. The Kier molecular flexibility index (Phi) is 4.77. The van der Waals surface area contributed by atoms with E-state index in [-0.39, 0.29) is 0 Å². The number of rotatable bonds is 4. The average molecular weight is 249 g/mol. The van der Waals surface area contributed by atoms with Gasteiger partial charge in [-0.3, -0.25) is 4.90 Å². The average Bonchev–Trinajstić information content (AvgIpc) is 2.40. The molecule has 98 valence electrons.